The van der Waals surface area contributed by atoms with Crippen LogP contribution in [0, 0.1) is 6.92 Å². The van der Waals surface area contributed by atoms with Gasteiger partial charge in [0.25, 0.3) is 5.91 Å². The molecule has 110 valence electrons. The monoisotopic (exact) mass is 305 g/mol. The van der Waals surface area contributed by atoms with E-state index < -0.39 is 0 Å². The minimum absolute atomic E-state index is 0.137. The summed E-state index contributed by atoms with van der Waals surface area (Å²) < 4.78 is 5.41. The summed E-state index contributed by atoms with van der Waals surface area (Å²) in [4.78, 5) is 11.9. The number of hydrogen-bond donors (Lipinski definition) is 2. The van der Waals surface area contributed by atoms with E-state index in [1.54, 1.807) is 36.4 Å². The summed E-state index contributed by atoms with van der Waals surface area (Å²) in [7, 11) is 0. The number of ether oxygens (including phenoxy) is 1. The molecule has 5 heteroatoms. The number of anilines is 1. The minimum atomic E-state index is -0.312. The summed E-state index contributed by atoms with van der Waals surface area (Å²) in [6.07, 6.45) is 0. The molecule has 2 rings (SSSR count). The third kappa shape index (κ3) is 4.21. The second kappa shape index (κ2) is 7.11. The summed E-state index contributed by atoms with van der Waals surface area (Å²) in [5.74, 6) is 0.179. The molecule has 2 aromatic rings. The number of amides is 1. The van der Waals surface area contributed by atoms with Crippen molar-refractivity contribution in [2.75, 3.05) is 11.9 Å². The van der Waals surface area contributed by atoms with E-state index in [0.717, 1.165) is 5.56 Å². The fourth-order valence-electron chi connectivity index (χ4n) is 1.83. The zero-order chi connectivity index (χ0) is 15.2. The zero-order valence-corrected chi connectivity index (χ0v) is 12.4. The maximum absolute atomic E-state index is 11.9. The van der Waals surface area contributed by atoms with Crippen molar-refractivity contribution < 1.29 is 14.6 Å². The van der Waals surface area contributed by atoms with Gasteiger partial charge in [-0.2, -0.15) is 0 Å². The number of aliphatic hydroxyl groups is 1. The fourth-order valence-corrected chi connectivity index (χ4v) is 2.11. The highest BCUT2D eigenvalue weighted by atomic mass is 35.5. The highest BCUT2D eigenvalue weighted by Crippen LogP contribution is 2.23. The number of halogens is 1. The molecule has 4 nitrogen and oxygen atoms in total. The van der Waals surface area contributed by atoms with Crippen molar-refractivity contribution in [3.05, 3.63) is 58.6 Å². The van der Waals surface area contributed by atoms with Gasteiger partial charge in [0.1, 0.15) is 5.75 Å². The molecule has 0 aliphatic rings. The number of rotatable bonds is 5. The molecule has 0 spiro atoms. The van der Waals surface area contributed by atoms with Crippen LogP contribution >= 0.6 is 11.6 Å². The Morgan fingerprint density at radius 2 is 2.05 bits per heavy atom. The first-order chi connectivity index (χ1) is 10.1. The minimum Gasteiger partial charge on any atom is -0.483 e. The van der Waals surface area contributed by atoms with Crippen molar-refractivity contribution in [3.63, 3.8) is 0 Å². The Hall–Kier alpha value is -2.04. The molecule has 1 amide bonds. The SMILES string of the molecule is Cc1ccc(NC(=O)COc2ccccc2CO)c(Cl)c1. The van der Waals surface area contributed by atoms with Crippen molar-refractivity contribution >= 4 is 23.2 Å². The van der Waals surface area contributed by atoms with Crippen LogP contribution in [0.5, 0.6) is 5.75 Å². The van der Waals surface area contributed by atoms with E-state index in [2.05, 4.69) is 5.32 Å². The lowest BCUT2D eigenvalue weighted by atomic mass is 10.2. The molecule has 0 aliphatic carbocycles. The van der Waals surface area contributed by atoms with Crippen molar-refractivity contribution in [2.45, 2.75) is 13.5 Å². The third-order valence-electron chi connectivity index (χ3n) is 2.90. The topological polar surface area (TPSA) is 58.6 Å². The number of nitrogens with one attached hydrogen (secondary N) is 1. The van der Waals surface area contributed by atoms with Gasteiger partial charge < -0.3 is 15.2 Å². The van der Waals surface area contributed by atoms with Crippen molar-refractivity contribution in [1.29, 1.82) is 0 Å². The number of benzene rings is 2. The van der Waals surface area contributed by atoms with Crippen LogP contribution in [0.3, 0.4) is 0 Å². The second-order valence-electron chi connectivity index (χ2n) is 4.59. The quantitative estimate of drug-likeness (QED) is 0.892. The first-order valence-corrected chi connectivity index (χ1v) is 6.85. The summed E-state index contributed by atoms with van der Waals surface area (Å²) in [5, 5.41) is 12.4. The standard InChI is InChI=1S/C16H16ClNO3/c1-11-6-7-14(13(17)8-11)18-16(20)10-21-15-5-3-2-4-12(15)9-19/h2-8,19H,9-10H2,1H3,(H,18,20). The van der Waals surface area contributed by atoms with Crippen LogP contribution in [0.25, 0.3) is 0 Å². The molecule has 0 saturated heterocycles. The van der Waals surface area contributed by atoms with Crippen molar-refractivity contribution in [2.24, 2.45) is 0 Å². The molecule has 2 N–H and O–H groups in total. The molecule has 21 heavy (non-hydrogen) atoms. The van der Waals surface area contributed by atoms with E-state index >= 15 is 0 Å². The fraction of sp³-hybridized carbons (Fsp3) is 0.188. The molecule has 0 radical (unpaired) electrons. The highest BCUT2D eigenvalue weighted by molar-refractivity contribution is 6.33. The molecule has 0 atom stereocenters. The summed E-state index contributed by atoms with van der Waals surface area (Å²) >= 11 is 6.05. The Kier molecular flexibility index (Phi) is 5.20. The Morgan fingerprint density at radius 3 is 2.76 bits per heavy atom. The highest BCUT2D eigenvalue weighted by Gasteiger charge is 2.08. The van der Waals surface area contributed by atoms with Gasteiger partial charge in [0, 0.05) is 5.56 Å². The van der Waals surface area contributed by atoms with E-state index in [1.165, 1.54) is 0 Å². The number of aliphatic hydroxyl groups excluding tert-OH is 1. The molecular weight excluding hydrogens is 290 g/mol. The van der Waals surface area contributed by atoms with Gasteiger partial charge in [-0.1, -0.05) is 35.9 Å². The number of carbonyl (C=O) groups is 1. The normalized spacial score (nSPS) is 10.2. The lowest BCUT2D eigenvalue weighted by molar-refractivity contribution is -0.118. The first kappa shape index (κ1) is 15.4. The summed E-state index contributed by atoms with van der Waals surface area (Å²) in [5.41, 5.74) is 2.20. The van der Waals surface area contributed by atoms with Gasteiger partial charge in [-0.05, 0) is 30.7 Å². The van der Waals surface area contributed by atoms with Crippen LogP contribution in [0.15, 0.2) is 42.5 Å². The van der Waals surface area contributed by atoms with Gasteiger partial charge in [-0.3, -0.25) is 4.79 Å². The van der Waals surface area contributed by atoms with Gasteiger partial charge in [-0.15, -0.1) is 0 Å². The Morgan fingerprint density at radius 1 is 1.29 bits per heavy atom. The lowest BCUT2D eigenvalue weighted by Gasteiger charge is -2.11. The van der Waals surface area contributed by atoms with Crippen LogP contribution in [-0.2, 0) is 11.4 Å². The predicted molar refractivity (Wildman–Crippen MR) is 82.7 cm³/mol. The largest absolute Gasteiger partial charge is 0.483 e. The van der Waals surface area contributed by atoms with E-state index in [-0.39, 0.29) is 19.1 Å². The maximum Gasteiger partial charge on any atom is 0.262 e. The van der Waals surface area contributed by atoms with Crippen LogP contribution in [-0.4, -0.2) is 17.6 Å². The lowest BCUT2D eigenvalue weighted by Crippen LogP contribution is -2.20. The second-order valence-corrected chi connectivity index (χ2v) is 4.99. The summed E-state index contributed by atoms with van der Waals surface area (Å²) in [6, 6.07) is 12.4. The van der Waals surface area contributed by atoms with Gasteiger partial charge >= 0.3 is 0 Å². The molecule has 0 aliphatic heterocycles. The molecule has 0 heterocycles. The molecular formula is C16H16ClNO3. The number of hydrogen-bond acceptors (Lipinski definition) is 3. The van der Waals surface area contributed by atoms with E-state index in [4.69, 9.17) is 16.3 Å². The van der Waals surface area contributed by atoms with E-state index in [9.17, 15) is 9.90 Å². The zero-order valence-electron chi connectivity index (χ0n) is 11.6. The molecule has 0 unspecified atom stereocenters. The van der Waals surface area contributed by atoms with Crippen molar-refractivity contribution in [3.8, 4) is 5.75 Å². The van der Waals surface area contributed by atoms with Gasteiger partial charge in [0.05, 0.1) is 17.3 Å². The van der Waals surface area contributed by atoms with Crippen LogP contribution in [0.4, 0.5) is 5.69 Å². The predicted octanol–water partition coefficient (Wildman–Crippen LogP) is 3.16. The average molecular weight is 306 g/mol. The van der Waals surface area contributed by atoms with Crippen molar-refractivity contribution in [1.82, 2.24) is 0 Å². The molecule has 2 aromatic carbocycles. The molecule has 0 fully saturated rings. The molecule has 0 bridgehead atoms. The third-order valence-corrected chi connectivity index (χ3v) is 3.21. The Labute approximate surface area is 128 Å². The van der Waals surface area contributed by atoms with Gasteiger partial charge in [0.2, 0.25) is 0 Å². The smallest absolute Gasteiger partial charge is 0.262 e. The first-order valence-electron chi connectivity index (χ1n) is 6.47. The molecule has 0 saturated carbocycles. The Bertz CT molecular complexity index is 643. The Balaban J connectivity index is 1.96. The molecule has 0 aromatic heterocycles. The van der Waals surface area contributed by atoms with E-state index in [0.29, 0.717) is 22.0 Å². The number of aryl methyl sites for hydroxylation is 1. The van der Waals surface area contributed by atoms with Crippen LogP contribution < -0.4 is 10.1 Å². The maximum atomic E-state index is 11.9. The van der Waals surface area contributed by atoms with Crippen LogP contribution in [0.2, 0.25) is 5.02 Å². The average Bonchev–Trinajstić information content (AvgIpc) is 2.48. The van der Waals surface area contributed by atoms with E-state index in [1.807, 2.05) is 13.0 Å². The number of carbonyl (C=O) groups excluding carboxylic acids is 1. The van der Waals surface area contributed by atoms with Crippen LogP contribution in [0.1, 0.15) is 11.1 Å². The van der Waals surface area contributed by atoms with Gasteiger partial charge in [-0.25, -0.2) is 0 Å². The summed E-state index contributed by atoms with van der Waals surface area (Å²) in [6.45, 7) is 1.63. The number of para-hydroxylation sites is 1. The van der Waals surface area contributed by atoms with Gasteiger partial charge in [0.15, 0.2) is 6.61 Å².